The molecule has 0 spiro atoms. The van der Waals surface area contributed by atoms with Crippen LogP contribution in [0.4, 0.5) is 11.4 Å². The van der Waals surface area contributed by atoms with Gasteiger partial charge in [0.25, 0.3) is 5.91 Å². The molecule has 2 amide bonds. The van der Waals surface area contributed by atoms with Crippen LogP contribution >= 0.6 is 0 Å². The Hall–Kier alpha value is -3.22. The summed E-state index contributed by atoms with van der Waals surface area (Å²) in [5.41, 5.74) is 2.45. The van der Waals surface area contributed by atoms with Crippen molar-refractivity contribution in [3.05, 3.63) is 41.5 Å². The second kappa shape index (κ2) is 8.26. The normalized spacial score (nSPS) is 12.9. The van der Waals surface area contributed by atoms with Crippen LogP contribution in [-0.2, 0) is 11.2 Å². The average molecular weight is 412 g/mol. The second-order valence-corrected chi connectivity index (χ2v) is 8.17. The molecule has 1 aliphatic heterocycles. The number of hydrogen-bond donors (Lipinski definition) is 1. The molecular weight excluding hydrogens is 384 g/mol. The van der Waals surface area contributed by atoms with E-state index < -0.39 is 5.41 Å². The molecule has 0 fully saturated rings. The van der Waals surface area contributed by atoms with Crippen LogP contribution in [0.5, 0.6) is 17.2 Å². The highest BCUT2D eigenvalue weighted by Crippen LogP contribution is 2.39. The van der Waals surface area contributed by atoms with Crippen molar-refractivity contribution in [2.75, 3.05) is 38.1 Å². The van der Waals surface area contributed by atoms with Gasteiger partial charge in [-0.2, -0.15) is 0 Å². The van der Waals surface area contributed by atoms with Crippen LogP contribution < -0.4 is 24.4 Å². The number of fused-ring (bicyclic) bond motifs is 1. The first kappa shape index (κ1) is 21.5. The van der Waals surface area contributed by atoms with Gasteiger partial charge >= 0.3 is 0 Å². The molecule has 0 atom stereocenters. The molecule has 0 bridgehead atoms. The lowest BCUT2D eigenvalue weighted by atomic mass is 9.94. The largest absolute Gasteiger partial charge is 0.493 e. The quantitative estimate of drug-likeness (QED) is 0.806. The first-order valence-electron chi connectivity index (χ1n) is 9.76. The third kappa shape index (κ3) is 4.06. The number of benzene rings is 2. The van der Waals surface area contributed by atoms with Crippen molar-refractivity contribution in [2.45, 2.75) is 27.2 Å². The fourth-order valence-corrected chi connectivity index (χ4v) is 3.49. The molecule has 0 saturated carbocycles. The van der Waals surface area contributed by atoms with E-state index in [0.29, 0.717) is 35.0 Å². The third-order valence-corrected chi connectivity index (χ3v) is 5.05. The summed E-state index contributed by atoms with van der Waals surface area (Å²) < 4.78 is 16.0. The molecule has 7 nitrogen and oxygen atoms in total. The van der Waals surface area contributed by atoms with Gasteiger partial charge in [0.05, 0.1) is 21.3 Å². The fourth-order valence-electron chi connectivity index (χ4n) is 3.49. The first-order chi connectivity index (χ1) is 14.2. The summed E-state index contributed by atoms with van der Waals surface area (Å²) >= 11 is 0. The molecule has 30 heavy (non-hydrogen) atoms. The van der Waals surface area contributed by atoms with Gasteiger partial charge in [-0.15, -0.1) is 0 Å². The standard InChI is InChI=1S/C23H28N2O5/c1-23(2,3)22(27)25-10-9-14-7-8-16(13-17(14)25)24-21(26)15-11-18(28-4)20(30-6)19(12-15)29-5/h7-8,11-13H,9-10H2,1-6H3,(H,24,26). The Bertz CT molecular complexity index is 953. The summed E-state index contributed by atoms with van der Waals surface area (Å²) in [5.74, 6) is 0.969. The van der Waals surface area contributed by atoms with Gasteiger partial charge in [0.1, 0.15) is 0 Å². The minimum Gasteiger partial charge on any atom is -0.493 e. The van der Waals surface area contributed by atoms with Crippen molar-refractivity contribution < 1.29 is 23.8 Å². The Morgan fingerprint density at radius 2 is 1.60 bits per heavy atom. The number of amides is 2. The summed E-state index contributed by atoms with van der Waals surface area (Å²) in [7, 11) is 4.51. The molecule has 0 aromatic heterocycles. The molecule has 0 saturated heterocycles. The van der Waals surface area contributed by atoms with Crippen LogP contribution in [0.3, 0.4) is 0 Å². The van der Waals surface area contributed by atoms with Crippen molar-refractivity contribution in [2.24, 2.45) is 5.41 Å². The van der Waals surface area contributed by atoms with Crippen molar-refractivity contribution in [3.8, 4) is 17.2 Å². The molecule has 3 rings (SSSR count). The minimum atomic E-state index is -0.475. The second-order valence-electron chi connectivity index (χ2n) is 8.17. The topological polar surface area (TPSA) is 77.1 Å². The number of methoxy groups -OCH3 is 3. The molecule has 1 heterocycles. The molecule has 0 unspecified atom stereocenters. The fraction of sp³-hybridized carbons (Fsp3) is 0.391. The number of nitrogens with zero attached hydrogens (tertiary/aromatic N) is 1. The zero-order valence-corrected chi connectivity index (χ0v) is 18.3. The number of carbonyl (C=O) groups is 2. The van der Waals surface area contributed by atoms with Gasteiger partial charge in [-0.3, -0.25) is 9.59 Å². The minimum absolute atomic E-state index is 0.0642. The summed E-state index contributed by atoms with van der Waals surface area (Å²) in [6.45, 7) is 6.37. The maximum Gasteiger partial charge on any atom is 0.255 e. The van der Waals surface area contributed by atoms with Crippen LogP contribution in [0.1, 0.15) is 36.7 Å². The van der Waals surface area contributed by atoms with Gasteiger partial charge in [0, 0.05) is 28.9 Å². The maximum absolute atomic E-state index is 12.9. The highest BCUT2D eigenvalue weighted by Gasteiger charge is 2.32. The number of anilines is 2. The van der Waals surface area contributed by atoms with Crippen molar-refractivity contribution >= 4 is 23.2 Å². The van der Waals surface area contributed by atoms with Gasteiger partial charge in [0.15, 0.2) is 11.5 Å². The molecule has 2 aromatic rings. The monoisotopic (exact) mass is 412 g/mol. The molecule has 7 heteroatoms. The zero-order chi connectivity index (χ0) is 22.1. The van der Waals surface area contributed by atoms with Crippen molar-refractivity contribution in [1.82, 2.24) is 0 Å². The number of rotatable bonds is 5. The Kier molecular flexibility index (Phi) is 5.92. The van der Waals surface area contributed by atoms with Gasteiger partial charge in [-0.25, -0.2) is 0 Å². The van der Waals surface area contributed by atoms with E-state index in [-0.39, 0.29) is 11.8 Å². The van der Waals surface area contributed by atoms with E-state index in [4.69, 9.17) is 14.2 Å². The first-order valence-corrected chi connectivity index (χ1v) is 9.76. The van der Waals surface area contributed by atoms with E-state index in [1.807, 2.05) is 39.0 Å². The van der Waals surface area contributed by atoms with E-state index in [1.165, 1.54) is 21.3 Å². The van der Waals surface area contributed by atoms with E-state index in [2.05, 4.69) is 5.32 Å². The predicted octanol–water partition coefficient (Wildman–Crippen LogP) is 3.90. The Morgan fingerprint density at radius 1 is 0.967 bits per heavy atom. The highest BCUT2D eigenvalue weighted by molar-refractivity contribution is 6.06. The molecule has 160 valence electrons. The lowest BCUT2D eigenvalue weighted by molar-refractivity contribution is -0.125. The van der Waals surface area contributed by atoms with Gasteiger partial charge in [-0.05, 0) is 36.2 Å². The average Bonchev–Trinajstić information content (AvgIpc) is 3.14. The molecular formula is C23H28N2O5. The van der Waals surface area contributed by atoms with Crippen molar-refractivity contribution in [1.29, 1.82) is 0 Å². The summed E-state index contributed by atoms with van der Waals surface area (Å²) in [5, 5.41) is 2.90. The highest BCUT2D eigenvalue weighted by atomic mass is 16.5. The zero-order valence-electron chi connectivity index (χ0n) is 18.3. The van der Waals surface area contributed by atoms with Gasteiger partial charge in [-0.1, -0.05) is 26.8 Å². The third-order valence-electron chi connectivity index (χ3n) is 5.05. The number of nitrogens with one attached hydrogen (secondary N) is 1. The number of hydrogen-bond acceptors (Lipinski definition) is 5. The molecule has 0 radical (unpaired) electrons. The van der Waals surface area contributed by atoms with Crippen molar-refractivity contribution in [3.63, 3.8) is 0 Å². The van der Waals surface area contributed by atoms with Gasteiger partial charge in [0.2, 0.25) is 11.7 Å². The van der Waals surface area contributed by atoms with Gasteiger partial charge < -0.3 is 24.4 Å². The van der Waals surface area contributed by atoms with E-state index in [1.54, 1.807) is 17.0 Å². The Balaban J connectivity index is 1.88. The van der Waals surface area contributed by atoms with E-state index in [9.17, 15) is 9.59 Å². The summed E-state index contributed by atoms with van der Waals surface area (Å²) in [6, 6.07) is 8.84. The SMILES string of the molecule is COc1cc(C(=O)Nc2ccc3c(c2)N(C(=O)C(C)(C)C)CC3)cc(OC)c1OC. The maximum atomic E-state index is 12.9. The van der Waals surface area contributed by atoms with E-state index >= 15 is 0 Å². The van der Waals surface area contributed by atoms with Crippen LogP contribution in [0.2, 0.25) is 0 Å². The van der Waals surface area contributed by atoms with Crippen LogP contribution in [-0.4, -0.2) is 39.7 Å². The van der Waals surface area contributed by atoms with E-state index in [0.717, 1.165) is 17.7 Å². The van der Waals surface area contributed by atoms with Crippen LogP contribution in [0.15, 0.2) is 30.3 Å². The number of carbonyl (C=O) groups excluding carboxylic acids is 2. The Morgan fingerprint density at radius 3 is 2.13 bits per heavy atom. The van der Waals surface area contributed by atoms with Crippen LogP contribution in [0, 0.1) is 5.41 Å². The summed E-state index contributed by atoms with van der Waals surface area (Å²) in [6.07, 6.45) is 0.804. The molecule has 1 N–H and O–H groups in total. The number of ether oxygens (including phenoxy) is 3. The lowest BCUT2D eigenvalue weighted by Crippen LogP contribution is -2.38. The van der Waals surface area contributed by atoms with Crippen LogP contribution in [0.25, 0.3) is 0 Å². The predicted molar refractivity (Wildman–Crippen MR) is 116 cm³/mol. The molecule has 1 aliphatic rings. The summed E-state index contributed by atoms with van der Waals surface area (Å²) in [4.78, 5) is 27.5. The molecule has 0 aliphatic carbocycles. The molecule has 2 aromatic carbocycles. The smallest absolute Gasteiger partial charge is 0.255 e. The Labute approximate surface area is 176 Å². The lowest BCUT2D eigenvalue weighted by Gasteiger charge is -2.26.